The maximum Gasteiger partial charge on any atom is 0.317 e. The van der Waals surface area contributed by atoms with Crippen LogP contribution >= 0.6 is 0 Å². The van der Waals surface area contributed by atoms with Crippen LogP contribution in [0.4, 0.5) is 4.79 Å². The fraction of sp³-hybridized carbons (Fsp3) is 0.889. The van der Waals surface area contributed by atoms with E-state index in [1.54, 1.807) is 0 Å². The SMILES string of the molecule is CC(C)NC(=O)N1CCN(C)CC1.[HH]. The van der Waals surface area contributed by atoms with Crippen LogP contribution < -0.4 is 5.32 Å². The minimum absolute atomic E-state index is 0. The van der Waals surface area contributed by atoms with E-state index >= 15 is 0 Å². The zero-order valence-electron chi connectivity index (χ0n) is 8.71. The lowest BCUT2D eigenvalue weighted by atomic mass is 10.3. The molecule has 0 aromatic rings. The van der Waals surface area contributed by atoms with E-state index in [0.29, 0.717) is 0 Å². The van der Waals surface area contributed by atoms with Gasteiger partial charge in [-0.15, -0.1) is 0 Å². The average Bonchev–Trinajstić information content (AvgIpc) is 2.04. The molecule has 13 heavy (non-hydrogen) atoms. The first kappa shape index (κ1) is 10.3. The van der Waals surface area contributed by atoms with Gasteiger partial charge in [-0.05, 0) is 20.9 Å². The number of nitrogens with zero attached hydrogens (tertiary/aromatic N) is 2. The molecule has 0 spiro atoms. The maximum atomic E-state index is 11.5. The van der Waals surface area contributed by atoms with Gasteiger partial charge in [-0.25, -0.2) is 4.79 Å². The second kappa shape index (κ2) is 4.46. The minimum Gasteiger partial charge on any atom is -0.336 e. The first-order valence-electron chi connectivity index (χ1n) is 4.83. The predicted octanol–water partition coefficient (Wildman–Crippen LogP) is 0.598. The Kier molecular flexibility index (Phi) is 3.54. The Balaban J connectivity index is 0.00000169. The van der Waals surface area contributed by atoms with E-state index < -0.39 is 0 Å². The third-order valence-electron chi connectivity index (χ3n) is 2.20. The third kappa shape index (κ3) is 3.22. The summed E-state index contributed by atoms with van der Waals surface area (Å²) in [5, 5.41) is 2.90. The topological polar surface area (TPSA) is 35.6 Å². The molecule has 1 heterocycles. The zero-order chi connectivity index (χ0) is 9.84. The van der Waals surface area contributed by atoms with E-state index in [0.717, 1.165) is 26.2 Å². The number of amides is 2. The molecule has 0 atom stereocenters. The Morgan fingerprint density at radius 2 is 1.85 bits per heavy atom. The predicted molar refractivity (Wildman–Crippen MR) is 54.9 cm³/mol. The molecule has 4 heteroatoms. The summed E-state index contributed by atoms with van der Waals surface area (Å²) >= 11 is 0. The summed E-state index contributed by atoms with van der Waals surface area (Å²) in [4.78, 5) is 15.6. The summed E-state index contributed by atoms with van der Waals surface area (Å²) in [5.41, 5.74) is 0. The highest BCUT2D eigenvalue weighted by Crippen LogP contribution is 1.99. The van der Waals surface area contributed by atoms with Crippen molar-refractivity contribution in [2.24, 2.45) is 0 Å². The lowest BCUT2D eigenvalue weighted by molar-refractivity contribution is 0.153. The molecule has 1 fully saturated rings. The molecular formula is C9H21N3O. The van der Waals surface area contributed by atoms with Crippen molar-refractivity contribution in [1.82, 2.24) is 15.1 Å². The molecule has 78 valence electrons. The van der Waals surface area contributed by atoms with Gasteiger partial charge in [0.25, 0.3) is 0 Å². The van der Waals surface area contributed by atoms with E-state index in [9.17, 15) is 4.79 Å². The monoisotopic (exact) mass is 187 g/mol. The molecular weight excluding hydrogens is 166 g/mol. The molecule has 0 bridgehead atoms. The van der Waals surface area contributed by atoms with Gasteiger partial charge in [0, 0.05) is 33.6 Å². The number of carbonyl (C=O) groups excluding carboxylic acids is 1. The van der Waals surface area contributed by atoms with E-state index in [-0.39, 0.29) is 13.5 Å². The first-order valence-corrected chi connectivity index (χ1v) is 4.83. The second-order valence-electron chi connectivity index (χ2n) is 3.89. The van der Waals surface area contributed by atoms with Crippen LogP contribution in [0.1, 0.15) is 15.3 Å². The van der Waals surface area contributed by atoms with Crippen molar-refractivity contribution in [3.63, 3.8) is 0 Å². The van der Waals surface area contributed by atoms with Gasteiger partial charge >= 0.3 is 6.03 Å². The summed E-state index contributed by atoms with van der Waals surface area (Å²) in [6, 6.07) is 0.301. The molecule has 2 amide bonds. The van der Waals surface area contributed by atoms with E-state index in [1.807, 2.05) is 18.7 Å². The van der Waals surface area contributed by atoms with Gasteiger partial charge in [0.15, 0.2) is 0 Å². The smallest absolute Gasteiger partial charge is 0.317 e. The van der Waals surface area contributed by atoms with Crippen molar-refractivity contribution in [3.8, 4) is 0 Å². The van der Waals surface area contributed by atoms with Crippen LogP contribution in [0.3, 0.4) is 0 Å². The standard InChI is InChI=1S/C9H19N3O.H2/c1-8(2)10-9(13)12-6-4-11(3)5-7-12;/h8H,4-7H2,1-3H3,(H,10,13);1H. The molecule has 1 rings (SSSR count). The summed E-state index contributed by atoms with van der Waals surface area (Å²) in [6.45, 7) is 7.60. The van der Waals surface area contributed by atoms with Crippen molar-refractivity contribution in [2.75, 3.05) is 33.2 Å². The van der Waals surface area contributed by atoms with Gasteiger partial charge in [-0.1, -0.05) is 0 Å². The minimum atomic E-state index is 0. The Labute approximate surface area is 81.4 Å². The Morgan fingerprint density at radius 3 is 2.31 bits per heavy atom. The maximum absolute atomic E-state index is 11.5. The summed E-state index contributed by atoms with van der Waals surface area (Å²) < 4.78 is 0. The molecule has 0 aromatic heterocycles. The van der Waals surface area contributed by atoms with Gasteiger partial charge in [-0.2, -0.15) is 0 Å². The molecule has 0 aliphatic carbocycles. The molecule has 1 aliphatic heterocycles. The van der Waals surface area contributed by atoms with Crippen molar-refractivity contribution < 1.29 is 6.22 Å². The second-order valence-corrected chi connectivity index (χ2v) is 3.89. The molecule has 4 nitrogen and oxygen atoms in total. The molecule has 0 unspecified atom stereocenters. The van der Waals surface area contributed by atoms with Crippen LogP contribution in [0.15, 0.2) is 0 Å². The first-order chi connectivity index (χ1) is 6.09. The van der Waals surface area contributed by atoms with E-state index in [4.69, 9.17) is 0 Å². The lowest BCUT2D eigenvalue weighted by Gasteiger charge is -2.32. The van der Waals surface area contributed by atoms with Crippen LogP contribution in [-0.4, -0.2) is 55.1 Å². The van der Waals surface area contributed by atoms with Crippen LogP contribution in [0.25, 0.3) is 0 Å². The molecule has 1 N–H and O–H groups in total. The number of likely N-dealkylation sites (N-methyl/N-ethyl adjacent to an activating group) is 1. The molecule has 1 saturated heterocycles. The Bertz CT molecular complexity index is 179. The van der Waals surface area contributed by atoms with Gasteiger partial charge in [0.05, 0.1) is 0 Å². The Morgan fingerprint density at radius 1 is 1.31 bits per heavy atom. The summed E-state index contributed by atoms with van der Waals surface area (Å²) in [6.07, 6.45) is 0. The van der Waals surface area contributed by atoms with Crippen LogP contribution in [0, 0.1) is 0 Å². The molecule has 0 saturated carbocycles. The van der Waals surface area contributed by atoms with Crippen molar-refractivity contribution in [2.45, 2.75) is 19.9 Å². The Hall–Kier alpha value is -0.770. The quantitative estimate of drug-likeness (QED) is 0.652. The number of carbonyl (C=O) groups is 1. The number of hydrogen-bond acceptors (Lipinski definition) is 2. The van der Waals surface area contributed by atoms with Crippen LogP contribution in [-0.2, 0) is 0 Å². The average molecular weight is 187 g/mol. The molecule has 0 radical (unpaired) electrons. The lowest BCUT2D eigenvalue weighted by Crippen LogP contribution is -2.51. The van der Waals surface area contributed by atoms with Gasteiger partial charge < -0.3 is 15.1 Å². The van der Waals surface area contributed by atoms with Crippen molar-refractivity contribution in [3.05, 3.63) is 0 Å². The van der Waals surface area contributed by atoms with Crippen LogP contribution in [0.5, 0.6) is 0 Å². The third-order valence-corrected chi connectivity index (χ3v) is 2.20. The van der Waals surface area contributed by atoms with Gasteiger partial charge in [0.1, 0.15) is 0 Å². The molecule has 1 aliphatic rings. The van der Waals surface area contributed by atoms with Gasteiger partial charge in [-0.3, -0.25) is 0 Å². The van der Waals surface area contributed by atoms with Crippen molar-refractivity contribution in [1.29, 1.82) is 0 Å². The highest BCUT2D eigenvalue weighted by atomic mass is 16.2. The number of rotatable bonds is 1. The number of urea groups is 1. The normalized spacial score (nSPS) is 19.2. The van der Waals surface area contributed by atoms with Crippen LogP contribution in [0.2, 0.25) is 0 Å². The van der Waals surface area contributed by atoms with E-state index in [2.05, 4.69) is 17.3 Å². The summed E-state index contributed by atoms with van der Waals surface area (Å²) in [7, 11) is 2.08. The number of nitrogens with one attached hydrogen (secondary N) is 1. The highest BCUT2D eigenvalue weighted by Gasteiger charge is 2.18. The summed E-state index contributed by atoms with van der Waals surface area (Å²) in [5.74, 6) is 0. The largest absolute Gasteiger partial charge is 0.336 e. The van der Waals surface area contributed by atoms with E-state index in [1.165, 1.54) is 0 Å². The fourth-order valence-electron chi connectivity index (χ4n) is 1.35. The zero-order valence-corrected chi connectivity index (χ0v) is 8.71. The number of piperazine rings is 1. The molecule has 0 aromatic carbocycles. The fourth-order valence-corrected chi connectivity index (χ4v) is 1.35. The highest BCUT2D eigenvalue weighted by molar-refractivity contribution is 5.74. The van der Waals surface area contributed by atoms with Crippen molar-refractivity contribution >= 4 is 6.03 Å². The van der Waals surface area contributed by atoms with Gasteiger partial charge in [0.2, 0.25) is 0 Å². The number of hydrogen-bond donors (Lipinski definition) is 1.